The number of nitrogens with zero attached hydrogens (tertiary/aromatic N) is 1. The van der Waals surface area contributed by atoms with Gasteiger partial charge in [0.25, 0.3) is 5.91 Å². The van der Waals surface area contributed by atoms with Crippen LogP contribution < -0.4 is 10.6 Å². The van der Waals surface area contributed by atoms with Crippen LogP contribution in [0.4, 0.5) is 4.48 Å². The first kappa shape index (κ1) is 25.5. The van der Waals surface area contributed by atoms with E-state index in [1.165, 1.54) is 0 Å². The fraction of sp³-hybridized carbons (Fsp3) is 0.370. The normalized spacial score (nSPS) is 12.8. The van der Waals surface area contributed by atoms with Crippen LogP contribution in [0.2, 0.25) is 0 Å². The van der Waals surface area contributed by atoms with Crippen molar-refractivity contribution < 1.29 is 9.28 Å². The second-order valence-electron chi connectivity index (χ2n) is 7.88. The Kier molecular flexibility index (Phi) is 9.82. The summed E-state index contributed by atoms with van der Waals surface area (Å²) in [5, 5.41) is 9.16. The molecule has 2 N–H and O–H groups in total. The van der Waals surface area contributed by atoms with Gasteiger partial charge < -0.3 is 10.6 Å². The lowest BCUT2D eigenvalue weighted by Crippen LogP contribution is -2.33. The highest BCUT2D eigenvalue weighted by atomic mass is 19.2. The molecule has 0 aliphatic carbocycles. The van der Waals surface area contributed by atoms with Gasteiger partial charge in [-0.15, -0.1) is 9.60 Å². The van der Waals surface area contributed by atoms with Gasteiger partial charge in [0.1, 0.15) is 0 Å². The number of rotatable bonds is 8. The summed E-state index contributed by atoms with van der Waals surface area (Å²) >= 11 is 0. The average molecular weight is 438 g/mol. The Labute approximate surface area is 191 Å². The average Bonchev–Trinajstić information content (AvgIpc) is 2.81. The van der Waals surface area contributed by atoms with Gasteiger partial charge in [-0.1, -0.05) is 68.4 Å². The summed E-state index contributed by atoms with van der Waals surface area (Å²) in [5.41, 5.74) is 3.30. The van der Waals surface area contributed by atoms with Crippen LogP contribution in [0, 0.1) is 6.92 Å². The fourth-order valence-corrected chi connectivity index (χ4v) is 3.72. The number of carbonyl (C=O) groups is 1. The van der Waals surface area contributed by atoms with Crippen LogP contribution in [0.1, 0.15) is 60.8 Å². The molecule has 2 atom stereocenters. The minimum absolute atomic E-state index is 0.141. The first-order valence-electron chi connectivity index (χ1n) is 11.4. The molecule has 2 unspecified atom stereocenters. The van der Waals surface area contributed by atoms with Crippen molar-refractivity contribution in [3.63, 3.8) is 0 Å². The van der Waals surface area contributed by atoms with Gasteiger partial charge >= 0.3 is 0 Å². The molecule has 0 spiro atoms. The molecule has 32 heavy (non-hydrogen) atoms. The molecule has 0 aliphatic heterocycles. The molecule has 0 heterocycles. The molecule has 0 bridgehead atoms. The number of aryl methyl sites for hydroxylation is 1. The van der Waals surface area contributed by atoms with Gasteiger partial charge in [0.15, 0.2) is 0 Å². The first-order chi connectivity index (χ1) is 15.4. The van der Waals surface area contributed by atoms with E-state index in [1.54, 1.807) is 13.1 Å². The van der Waals surface area contributed by atoms with Crippen LogP contribution in [0.3, 0.4) is 0 Å². The summed E-state index contributed by atoms with van der Waals surface area (Å²) in [7, 11) is 1.80. The van der Waals surface area contributed by atoms with E-state index in [1.807, 2.05) is 71.0 Å². The zero-order valence-corrected chi connectivity index (χ0v) is 20.1. The van der Waals surface area contributed by atoms with Crippen molar-refractivity contribution in [1.82, 2.24) is 15.8 Å². The summed E-state index contributed by atoms with van der Waals surface area (Å²) in [5.74, 6) is -0.150. The highest BCUT2D eigenvalue weighted by molar-refractivity contribution is 5.96. The molecule has 5 heteroatoms. The Morgan fingerprint density at radius 3 is 2.44 bits per heavy atom. The lowest BCUT2D eigenvalue weighted by Gasteiger charge is -2.21. The van der Waals surface area contributed by atoms with Crippen LogP contribution >= 0.6 is 0 Å². The number of amides is 1. The number of hydrogen-bond donors (Lipinski definition) is 2. The zero-order valence-electron chi connectivity index (χ0n) is 20.1. The van der Waals surface area contributed by atoms with Crippen molar-refractivity contribution in [1.29, 1.82) is 0 Å². The fourth-order valence-electron chi connectivity index (χ4n) is 3.72. The molecule has 0 aromatic heterocycles. The van der Waals surface area contributed by atoms with Gasteiger partial charge in [0, 0.05) is 12.1 Å². The van der Waals surface area contributed by atoms with Crippen LogP contribution in [0.15, 0.2) is 60.7 Å². The molecule has 0 saturated carbocycles. The Morgan fingerprint density at radius 1 is 1.03 bits per heavy atom. The maximum Gasteiger partial charge on any atom is 0.252 e. The molecule has 0 radical (unpaired) electrons. The topological polar surface area (TPSA) is 44.4 Å². The first-order valence-corrected chi connectivity index (χ1v) is 11.4. The molecule has 3 rings (SSSR count). The Hall–Kier alpha value is -2.76. The predicted octanol–water partition coefficient (Wildman–Crippen LogP) is 5.96. The number of carbonyl (C=O) groups excluding carboxylic acids is 1. The molecular formula is C27H36FN3O. The smallest absolute Gasteiger partial charge is 0.252 e. The third-order valence-electron chi connectivity index (χ3n) is 5.50. The molecule has 3 aromatic rings. The lowest BCUT2D eigenvalue weighted by molar-refractivity contribution is -0.0232. The molecule has 0 saturated heterocycles. The quantitative estimate of drug-likeness (QED) is 0.427. The van der Waals surface area contributed by atoms with Gasteiger partial charge in [-0.05, 0) is 61.3 Å². The van der Waals surface area contributed by atoms with Crippen molar-refractivity contribution in [2.45, 2.75) is 53.2 Å². The second kappa shape index (κ2) is 12.3. The summed E-state index contributed by atoms with van der Waals surface area (Å²) in [6.45, 7) is 10.4. The van der Waals surface area contributed by atoms with Crippen molar-refractivity contribution in [3.05, 3.63) is 82.9 Å². The van der Waals surface area contributed by atoms with Crippen LogP contribution in [0.5, 0.6) is 0 Å². The number of benzene rings is 3. The van der Waals surface area contributed by atoms with E-state index in [2.05, 4.69) is 28.8 Å². The molecule has 0 aliphatic rings. The molecule has 4 nitrogen and oxygen atoms in total. The molecular weight excluding hydrogens is 401 g/mol. The highest BCUT2D eigenvalue weighted by Gasteiger charge is 2.18. The SMILES string of the molecule is CC.CNCC(C)N(F)Cc1ccc(C)c(C(=O)NC(C)c2cccc3ccccc23)c1. The van der Waals surface area contributed by atoms with Crippen molar-refractivity contribution >= 4 is 16.7 Å². The zero-order chi connectivity index (χ0) is 23.7. The van der Waals surface area contributed by atoms with Crippen LogP contribution in [-0.4, -0.2) is 30.7 Å². The third kappa shape index (κ3) is 6.38. The summed E-state index contributed by atoms with van der Waals surface area (Å²) in [6.07, 6.45) is 0. The third-order valence-corrected chi connectivity index (χ3v) is 5.50. The summed E-state index contributed by atoms with van der Waals surface area (Å²) in [6, 6.07) is 19.4. The molecule has 0 fully saturated rings. The highest BCUT2D eigenvalue weighted by Crippen LogP contribution is 2.25. The minimum Gasteiger partial charge on any atom is -0.345 e. The van der Waals surface area contributed by atoms with Crippen molar-refractivity contribution in [2.75, 3.05) is 13.6 Å². The van der Waals surface area contributed by atoms with Gasteiger partial charge in [-0.3, -0.25) is 4.79 Å². The van der Waals surface area contributed by atoms with E-state index in [0.29, 0.717) is 12.1 Å². The van der Waals surface area contributed by atoms with E-state index >= 15 is 0 Å². The van der Waals surface area contributed by atoms with E-state index in [-0.39, 0.29) is 24.5 Å². The van der Waals surface area contributed by atoms with Crippen LogP contribution in [0.25, 0.3) is 10.8 Å². The number of fused-ring (bicyclic) bond motifs is 1. The van der Waals surface area contributed by atoms with Crippen LogP contribution in [-0.2, 0) is 6.54 Å². The van der Waals surface area contributed by atoms with Crippen molar-refractivity contribution in [3.8, 4) is 0 Å². The largest absolute Gasteiger partial charge is 0.345 e. The Balaban J connectivity index is 0.00000176. The lowest BCUT2D eigenvalue weighted by atomic mass is 9.98. The second-order valence-corrected chi connectivity index (χ2v) is 7.88. The number of likely N-dealkylation sites (N-methyl/N-ethyl adjacent to an activating group) is 1. The summed E-state index contributed by atoms with van der Waals surface area (Å²) < 4.78 is 14.4. The van der Waals surface area contributed by atoms with E-state index in [0.717, 1.165) is 32.6 Å². The Bertz CT molecular complexity index is 1020. The molecule has 3 aromatic carbocycles. The minimum atomic E-state index is -0.250. The number of halogens is 1. The van der Waals surface area contributed by atoms with Gasteiger partial charge in [-0.2, -0.15) is 0 Å². The Morgan fingerprint density at radius 2 is 1.72 bits per heavy atom. The van der Waals surface area contributed by atoms with Crippen molar-refractivity contribution in [2.24, 2.45) is 0 Å². The van der Waals surface area contributed by atoms with Gasteiger partial charge in [-0.25, -0.2) is 0 Å². The maximum absolute atomic E-state index is 14.4. The number of hydrogen-bond acceptors (Lipinski definition) is 3. The van der Waals surface area contributed by atoms with E-state index in [4.69, 9.17) is 0 Å². The van der Waals surface area contributed by atoms with Gasteiger partial charge in [0.05, 0.1) is 18.6 Å². The number of nitrogens with one attached hydrogen (secondary N) is 2. The standard InChI is InChI=1S/C25H30FN3O.C2H6/c1-17-12-13-20(16-29(26)18(2)15-27-4)14-24(17)25(30)28-19(3)22-11-7-9-21-8-5-6-10-23(21)22;1-2/h5-14,18-19,27H,15-16H2,1-4H3,(H,28,30);1-2H3. The summed E-state index contributed by atoms with van der Waals surface area (Å²) in [4.78, 5) is 13.0. The van der Waals surface area contributed by atoms with Gasteiger partial charge in [0.2, 0.25) is 0 Å². The molecule has 172 valence electrons. The predicted molar refractivity (Wildman–Crippen MR) is 132 cm³/mol. The van der Waals surface area contributed by atoms with E-state index < -0.39 is 0 Å². The molecule has 1 amide bonds. The maximum atomic E-state index is 14.4. The monoisotopic (exact) mass is 437 g/mol. The van der Waals surface area contributed by atoms with E-state index in [9.17, 15) is 9.28 Å².